The zero-order valence-electron chi connectivity index (χ0n) is 8.50. The Morgan fingerprint density at radius 2 is 2.06 bits per heavy atom. The van der Waals surface area contributed by atoms with Gasteiger partial charge in [0.2, 0.25) is 0 Å². The number of halogens is 1. The maximum atomic E-state index is 11.6. The fourth-order valence-electron chi connectivity index (χ4n) is 1.32. The predicted molar refractivity (Wildman–Crippen MR) is 61.8 cm³/mol. The molecular weight excluding hydrogens is 244 g/mol. The summed E-state index contributed by atoms with van der Waals surface area (Å²) < 4.78 is 0.995. The van der Waals surface area contributed by atoms with Crippen LogP contribution in [0, 0.1) is 0 Å². The fourth-order valence-corrected chi connectivity index (χ4v) is 1.50. The molecule has 1 aromatic heterocycles. The Morgan fingerprint density at radius 1 is 1.29 bits per heavy atom. The average molecular weight is 251 g/mol. The van der Waals surface area contributed by atoms with Gasteiger partial charge in [-0.1, -0.05) is 17.7 Å². The summed E-state index contributed by atoms with van der Waals surface area (Å²) in [6, 6.07) is 8.76. The van der Waals surface area contributed by atoms with E-state index in [2.05, 4.69) is 5.10 Å². The van der Waals surface area contributed by atoms with Gasteiger partial charge in [0.1, 0.15) is 0 Å². The maximum absolute atomic E-state index is 11.6. The molecule has 0 fully saturated rings. The number of rotatable bonds is 2. The van der Waals surface area contributed by atoms with E-state index in [1.807, 2.05) is 0 Å². The predicted octanol–water partition coefficient (Wildman–Crippen LogP) is 1.58. The first kappa shape index (κ1) is 11.3. The minimum Gasteiger partial charge on any atom is -0.476 e. The zero-order chi connectivity index (χ0) is 12.4. The molecule has 17 heavy (non-hydrogen) atoms. The first-order chi connectivity index (χ1) is 8.08. The molecule has 1 N–H and O–H groups in total. The van der Waals surface area contributed by atoms with Crippen LogP contribution in [-0.2, 0) is 0 Å². The van der Waals surface area contributed by atoms with Gasteiger partial charge < -0.3 is 5.11 Å². The number of benzene rings is 1. The Hall–Kier alpha value is -2.14. The highest BCUT2D eigenvalue weighted by Crippen LogP contribution is 2.12. The summed E-state index contributed by atoms with van der Waals surface area (Å²) in [6.45, 7) is 0. The minimum absolute atomic E-state index is 0.204. The van der Waals surface area contributed by atoms with E-state index in [1.54, 1.807) is 18.2 Å². The highest BCUT2D eigenvalue weighted by atomic mass is 35.5. The van der Waals surface area contributed by atoms with Crippen LogP contribution in [0.15, 0.2) is 41.2 Å². The average Bonchev–Trinajstić information content (AvgIpc) is 2.29. The van der Waals surface area contributed by atoms with Gasteiger partial charge in [-0.05, 0) is 24.3 Å². The van der Waals surface area contributed by atoms with Crippen LogP contribution >= 0.6 is 11.6 Å². The van der Waals surface area contributed by atoms with Crippen molar-refractivity contribution in [2.75, 3.05) is 0 Å². The fraction of sp³-hybridized carbons (Fsp3) is 0. The molecule has 1 heterocycles. The summed E-state index contributed by atoms with van der Waals surface area (Å²) in [5.41, 5.74) is -0.201. The van der Waals surface area contributed by atoms with Crippen molar-refractivity contribution in [3.8, 4) is 5.69 Å². The number of nitrogens with zero attached hydrogens (tertiary/aromatic N) is 2. The van der Waals surface area contributed by atoms with Gasteiger partial charge in [0.25, 0.3) is 5.56 Å². The third-order valence-corrected chi connectivity index (χ3v) is 2.31. The monoisotopic (exact) mass is 250 g/mol. The Kier molecular flexibility index (Phi) is 2.93. The molecule has 0 atom stereocenters. The van der Waals surface area contributed by atoms with Crippen LogP contribution in [0.3, 0.4) is 0 Å². The summed E-state index contributed by atoms with van der Waals surface area (Å²) in [5.74, 6) is -1.19. The first-order valence-electron chi connectivity index (χ1n) is 4.67. The number of hydrogen-bond donors (Lipinski definition) is 1. The van der Waals surface area contributed by atoms with E-state index in [9.17, 15) is 9.59 Å². The van der Waals surface area contributed by atoms with E-state index in [-0.39, 0.29) is 5.69 Å². The van der Waals surface area contributed by atoms with Crippen molar-refractivity contribution in [3.05, 3.63) is 57.5 Å². The van der Waals surface area contributed by atoms with Crippen LogP contribution in [0.5, 0.6) is 0 Å². The second-order valence-corrected chi connectivity index (χ2v) is 3.69. The number of carboxylic acids is 1. The van der Waals surface area contributed by atoms with Gasteiger partial charge in [-0.25, -0.2) is 4.79 Å². The van der Waals surface area contributed by atoms with Gasteiger partial charge >= 0.3 is 5.97 Å². The van der Waals surface area contributed by atoms with Crippen molar-refractivity contribution in [2.24, 2.45) is 0 Å². The smallest absolute Gasteiger partial charge is 0.356 e. The molecule has 0 bridgehead atoms. The second-order valence-electron chi connectivity index (χ2n) is 3.25. The number of carboxylic acid groups (broad SMARTS) is 1. The molecule has 0 radical (unpaired) electrons. The lowest BCUT2D eigenvalue weighted by Gasteiger charge is -2.04. The summed E-state index contributed by atoms with van der Waals surface area (Å²) in [6.07, 6.45) is 0. The molecule has 5 nitrogen and oxygen atoms in total. The Balaban J connectivity index is 2.62. The third kappa shape index (κ3) is 2.34. The van der Waals surface area contributed by atoms with Gasteiger partial charge in [0.05, 0.1) is 5.69 Å². The summed E-state index contributed by atoms with van der Waals surface area (Å²) in [7, 11) is 0. The molecule has 0 aliphatic heterocycles. The van der Waals surface area contributed by atoms with Gasteiger partial charge in [-0.3, -0.25) is 4.79 Å². The molecule has 2 aromatic rings. The minimum atomic E-state index is -1.19. The molecule has 2 rings (SSSR count). The molecule has 0 aliphatic carbocycles. The van der Waals surface area contributed by atoms with Crippen LogP contribution in [0.4, 0.5) is 0 Å². The highest BCUT2D eigenvalue weighted by Gasteiger charge is 2.08. The Morgan fingerprint density at radius 3 is 2.71 bits per heavy atom. The molecule has 0 unspecified atom stereocenters. The molecule has 0 spiro atoms. The van der Waals surface area contributed by atoms with Crippen molar-refractivity contribution < 1.29 is 9.90 Å². The molecule has 0 aliphatic rings. The molecule has 6 heteroatoms. The van der Waals surface area contributed by atoms with Crippen LogP contribution in [-0.4, -0.2) is 20.9 Å². The summed E-state index contributed by atoms with van der Waals surface area (Å²) >= 11 is 5.79. The third-order valence-electron chi connectivity index (χ3n) is 2.07. The molecule has 0 amide bonds. The van der Waals surface area contributed by atoms with Gasteiger partial charge in [-0.15, -0.1) is 0 Å². The van der Waals surface area contributed by atoms with E-state index in [1.165, 1.54) is 6.07 Å². The normalized spacial score (nSPS) is 10.2. The van der Waals surface area contributed by atoms with Crippen molar-refractivity contribution >= 4 is 17.6 Å². The number of carbonyl (C=O) groups is 1. The largest absolute Gasteiger partial charge is 0.476 e. The van der Waals surface area contributed by atoms with E-state index in [0.717, 1.165) is 16.8 Å². The molecule has 0 saturated heterocycles. The summed E-state index contributed by atoms with van der Waals surface area (Å²) in [5, 5.41) is 13.0. The van der Waals surface area contributed by atoms with Crippen LogP contribution < -0.4 is 5.56 Å². The van der Waals surface area contributed by atoms with Crippen molar-refractivity contribution in [1.29, 1.82) is 0 Å². The van der Waals surface area contributed by atoms with Crippen molar-refractivity contribution in [2.45, 2.75) is 0 Å². The van der Waals surface area contributed by atoms with E-state index < -0.39 is 11.5 Å². The number of aromatic nitrogens is 2. The lowest BCUT2D eigenvalue weighted by atomic mass is 10.3. The van der Waals surface area contributed by atoms with E-state index >= 15 is 0 Å². The molecule has 0 saturated carbocycles. The summed E-state index contributed by atoms with van der Waals surface area (Å²) in [4.78, 5) is 22.3. The lowest BCUT2D eigenvalue weighted by molar-refractivity contribution is 0.0688. The molecule has 86 valence electrons. The topological polar surface area (TPSA) is 72.2 Å². The standard InChI is InChI=1S/C11H7ClN2O3/c12-7-2-1-3-8(6-7)14-10(15)5-4-9(13-14)11(16)17/h1-6H,(H,16,17). The molecular formula is C11H7ClN2O3. The second kappa shape index (κ2) is 4.39. The number of hydrogen-bond acceptors (Lipinski definition) is 3. The van der Waals surface area contributed by atoms with Crippen molar-refractivity contribution in [1.82, 2.24) is 9.78 Å². The van der Waals surface area contributed by atoms with Crippen LogP contribution in [0.25, 0.3) is 5.69 Å². The van der Waals surface area contributed by atoms with Crippen molar-refractivity contribution in [3.63, 3.8) is 0 Å². The van der Waals surface area contributed by atoms with E-state index in [4.69, 9.17) is 16.7 Å². The van der Waals surface area contributed by atoms with Gasteiger partial charge in [0.15, 0.2) is 5.69 Å². The van der Waals surface area contributed by atoms with Crippen LogP contribution in [0.1, 0.15) is 10.5 Å². The SMILES string of the molecule is O=C(O)c1ccc(=O)n(-c2cccc(Cl)c2)n1. The Labute approximate surface area is 101 Å². The van der Waals surface area contributed by atoms with Gasteiger partial charge in [0, 0.05) is 11.1 Å². The molecule has 1 aromatic carbocycles. The van der Waals surface area contributed by atoms with Gasteiger partial charge in [-0.2, -0.15) is 9.78 Å². The Bertz CT molecular complexity index is 637. The lowest BCUT2D eigenvalue weighted by Crippen LogP contribution is -2.22. The quantitative estimate of drug-likeness (QED) is 0.878. The highest BCUT2D eigenvalue weighted by molar-refractivity contribution is 6.30. The van der Waals surface area contributed by atoms with E-state index in [0.29, 0.717) is 10.7 Å². The first-order valence-corrected chi connectivity index (χ1v) is 5.05. The zero-order valence-corrected chi connectivity index (χ0v) is 9.26. The number of aromatic carboxylic acids is 1. The maximum Gasteiger partial charge on any atom is 0.356 e. The van der Waals surface area contributed by atoms with Crippen LogP contribution in [0.2, 0.25) is 5.02 Å².